The molecule has 3 atom stereocenters. The zero-order valence-corrected chi connectivity index (χ0v) is 11.9. The number of para-hydroxylation sites is 1. The molecule has 0 saturated carbocycles. The van der Waals surface area contributed by atoms with Gasteiger partial charge in [-0.1, -0.05) is 30.4 Å². The van der Waals surface area contributed by atoms with Crippen molar-refractivity contribution in [3.63, 3.8) is 0 Å². The number of nitrogens with zero attached hydrogens (tertiary/aromatic N) is 1. The first-order valence-electron chi connectivity index (χ1n) is 7.89. The number of carbonyl (C=O) groups is 1. The Kier molecular flexibility index (Phi) is 2.21. The third-order valence-electron chi connectivity index (χ3n) is 5.57. The molecule has 1 aromatic heterocycles. The van der Waals surface area contributed by atoms with E-state index in [-0.39, 0.29) is 12.0 Å². The second-order valence-electron chi connectivity index (χ2n) is 6.50. The Balaban J connectivity index is 1.71. The molecule has 1 aliphatic carbocycles. The van der Waals surface area contributed by atoms with Crippen LogP contribution < -0.4 is 0 Å². The summed E-state index contributed by atoms with van der Waals surface area (Å²) in [6.45, 7) is 0.880. The largest absolute Gasteiger partial charge is 0.356 e. The normalized spacial score (nSPS) is 30.4. The number of H-pyrrole nitrogens is 1. The smallest absolute Gasteiger partial charge is 0.226 e. The predicted octanol–water partition coefficient (Wildman–Crippen LogP) is 3.19. The average Bonchev–Trinajstić information content (AvgIpc) is 3.04. The summed E-state index contributed by atoms with van der Waals surface area (Å²) in [5.74, 6) is 1.03. The van der Waals surface area contributed by atoms with Gasteiger partial charge < -0.3 is 9.88 Å². The number of hydrogen-bond acceptors (Lipinski definition) is 1. The summed E-state index contributed by atoms with van der Waals surface area (Å²) in [7, 11) is 0. The van der Waals surface area contributed by atoms with Crippen LogP contribution in [0.25, 0.3) is 10.9 Å². The molecule has 106 valence electrons. The molecule has 1 saturated heterocycles. The van der Waals surface area contributed by atoms with Crippen molar-refractivity contribution in [1.29, 1.82) is 0 Å². The lowest BCUT2D eigenvalue weighted by Gasteiger charge is -2.33. The predicted molar refractivity (Wildman–Crippen MR) is 81.8 cm³/mol. The molecule has 1 N–H and O–H groups in total. The van der Waals surface area contributed by atoms with Gasteiger partial charge in [0.25, 0.3) is 0 Å². The first kappa shape index (κ1) is 11.6. The van der Waals surface area contributed by atoms with Crippen molar-refractivity contribution >= 4 is 16.8 Å². The van der Waals surface area contributed by atoms with Gasteiger partial charge in [0.15, 0.2) is 0 Å². The first-order chi connectivity index (χ1) is 10.3. The van der Waals surface area contributed by atoms with Crippen molar-refractivity contribution < 1.29 is 4.79 Å². The van der Waals surface area contributed by atoms with Gasteiger partial charge in [0.05, 0.1) is 6.04 Å². The molecule has 5 rings (SSSR count). The number of fused-ring (bicyclic) bond motifs is 7. The third kappa shape index (κ3) is 1.41. The molecule has 1 fully saturated rings. The van der Waals surface area contributed by atoms with E-state index in [1.54, 1.807) is 0 Å². The van der Waals surface area contributed by atoms with Gasteiger partial charge in [-0.3, -0.25) is 4.79 Å². The van der Waals surface area contributed by atoms with Crippen LogP contribution in [0.3, 0.4) is 0 Å². The Morgan fingerprint density at radius 1 is 1.14 bits per heavy atom. The molecule has 21 heavy (non-hydrogen) atoms. The Labute approximate surface area is 123 Å². The Morgan fingerprint density at radius 2 is 2.00 bits per heavy atom. The average molecular weight is 278 g/mol. The second-order valence-corrected chi connectivity index (χ2v) is 6.50. The van der Waals surface area contributed by atoms with E-state index in [1.165, 1.54) is 22.2 Å². The van der Waals surface area contributed by atoms with E-state index in [9.17, 15) is 4.79 Å². The maximum Gasteiger partial charge on any atom is 0.226 e. The van der Waals surface area contributed by atoms with Gasteiger partial charge >= 0.3 is 0 Å². The van der Waals surface area contributed by atoms with Crippen LogP contribution in [-0.4, -0.2) is 22.3 Å². The lowest BCUT2D eigenvalue weighted by atomic mass is 9.79. The standard InChI is InChI=1S/C18H18N2O/c21-18-14-7-2-1-6-13(14)17-16-12(9-10-20(17)18)11-5-3-4-8-15(11)19-16/h1-5,8,13-14,17,19H,6-7,9-10H2/t13-,14-,17-/m1/s1. The minimum atomic E-state index is 0.206. The summed E-state index contributed by atoms with van der Waals surface area (Å²) in [4.78, 5) is 18.4. The van der Waals surface area contributed by atoms with Crippen LogP contribution in [0.15, 0.2) is 36.4 Å². The Bertz CT molecular complexity index is 773. The second kappa shape index (κ2) is 4.00. The fraction of sp³-hybridized carbons (Fsp3) is 0.389. The molecule has 2 aromatic rings. The van der Waals surface area contributed by atoms with Crippen molar-refractivity contribution in [1.82, 2.24) is 9.88 Å². The maximum atomic E-state index is 12.7. The Hall–Kier alpha value is -2.03. The number of nitrogens with one attached hydrogen (secondary N) is 1. The maximum absolute atomic E-state index is 12.7. The van der Waals surface area contributed by atoms with Gasteiger partial charge in [-0.25, -0.2) is 0 Å². The summed E-state index contributed by atoms with van der Waals surface area (Å²) in [6.07, 6.45) is 7.38. The molecule has 0 radical (unpaired) electrons. The van der Waals surface area contributed by atoms with Crippen LogP contribution in [-0.2, 0) is 11.2 Å². The summed E-state index contributed by atoms with van der Waals surface area (Å²) in [5, 5.41) is 1.34. The summed E-state index contributed by atoms with van der Waals surface area (Å²) in [6, 6.07) is 8.80. The number of amides is 1. The molecule has 0 bridgehead atoms. The van der Waals surface area contributed by atoms with Gasteiger partial charge in [-0.15, -0.1) is 0 Å². The summed E-state index contributed by atoms with van der Waals surface area (Å²) in [5.41, 5.74) is 3.96. The van der Waals surface area contributed by atoms with E-state index in [4.69, 9.17) is 0 Å². The highest BCUT2D eigenvalue weighted by Crippen LogP contribution is 2.50. The highest BCUT2D eigenvalue weighted by molar-refractivity contribution is 5.88. The van der Waals surface area contributed by atoms with Crippen molar-refractivity contribution in [2.45, 2.75) is 25.3 Å². The van der Waals surface area contributed by atoms with Gasteiger partial charge in [0.1, 0.15) is 0 Å². The van der Waals surface area contributed by atoms with E-state index in [0.717, 1.165) is 25.8 Å². The molecular weight excluding hydrogens is 260 g/mol. The van der Waals surface area contributed by atoms with Crippen LogP contribution in [0.2, 0.25) is 0 Å². The van der Waals surface area contributed by atoms with Crippen LogP contribution in [0.4, 0.5) is 0 Å². The SMILES string of the molecule is O=C1[C@@H]2CC=CC[C@H]2[C@@H]2c3[nH]c4ccccc4c3CCN12. The van der Waals surface area contributed by atoms with Crippen molar-refractivity contribution in [2.75, 3.05) is 6.54 Å². The van der Waals surface area contributed by atoms with Gasteiger partial charge in [-0.05, 0) is 30.9 Å². The molecule has 0 spiro atoms. The van der Waals surface area contributed by atoms with E-state index in [1.807, 2.05) is 0 Å². The van der Waals surface area contributed by atoms with E-state index in [0.29, 0.717) is 11.8 Å². The van der Waals surface area contributed by atoms with Gasteiger partial charge in [0, 0.05) is 35.0 Å². The van der Waals surface area contributed by atoms with E-state index in [2.05, 4.69) is 46.3 Å². The van der Waals surface area contributed by atoms with E-state index < -0.39 is 0 Å². The van der Waals surface area contributed by atoms with Crippen molar-refractivity contribution in [2.24, 2.45) is 11.8 Å². The molecule has 3 aliphatic rings. The molecule has 3 nitrogen and oxygen atoms in total. The highest BCUT2D eigenvalue weighted by atomic mass is 16.2. The van der Waals surface area contributed by atoms with Crippen LogP contribution >= 0.6 is 0 Å². The van der Waals surface area contributed by atoms with Gasteiger partial charge in [0.2, 0.25) is 5.91 Å². The third-order valence-corrected chi connectivity index (χ3v) is 5.57. The zero-order chi connectivity index (χ0) is 14.0. The fourth-order valence-electron chi connectivity index (χ4n) is 4.64. The Morgan fingerprint density at radius 3 is 2.95 bits per heavy atom. The first-order valence-corrected chi connectivity index (χ1v) is 7.89. The lowest BCUT2D eigenvalue weighted by molar-refractivity contribution is -0.132. The van der Waals surface area contributed by atoms with Crippen LogP contribution in [0.1, 0.15) is 30.1 Å². The highest BCUT2D eigenvalue weighted by Gasteiger charge is 2.50. The van der Waals surface area contributed by atoms with E-state index >= 15 is 0 Å². The minimum Gasteiger partial charge on any atom is -0.356 e. The number of rotatable bonds is 0. The molecular formula is C18H18N2O. The number of allylic oxidation sites excluding steroid dienone is 2. The number of benzene rings is 1. The molecule has 2 aliphatic heterocycles. The quantitative estimate of drug-likeness (QED) is 0.738. The minimum absolute atomic E-state index is 0.206. The lowest BCUT2D eigenvalue weighted by Crippen LogP contribution is -2.35. The number of aromatic nitrogens is 1. The van der Waals surface area contributed by atoms with Crippen LogP contribution in [0.5, 0.6) is 0 Å². The molecule has 1 amide bonds. The molecule has 0 unspecified atom stereocenters. The molecule has 3 heteroatoms. The van der Waals surface area contributed by atoms with Crippen molar-refractivity contribution in [3.8, 4) is 0 Å². The number of carbonyl (C=O) groups excluding carboxylic acids is 1. The van der Waals surface area contributed by atoms with Gasteiger partial charge in [-0.2, -0.15) is 0 Å². The van der Waals surface area contributed by atoms with Crippen LogP contribution in [0, 0.1) is 11.8 Å². The number of aromatic amines is 1. The van der Waals surface area contributed by atoms with Crippen molar-refractivity contribution in [3.05, 3.63) is 47.7 Å². The summed E-state index contributed by atoms with van der Waals surface area (Å²) >= 11 is 0. The molecule has 1 aromatic carbocycles. The zero-order valence-electron chi connectivity index (χ0n) is 11.9. The fourth-order valence-corrected chi connectivity index (χ4v) is 4.64. The number of hydrogen-bond donors (Lipinski definition) is 1. The molecule has 3 heterocycles. The topological polar surface area (TPSA) is 36.1 Å². The monoisotopic (exact) mass is 278 g/mol. The summed E-state index contributed by atoms with van der Waals surface area (Å²) < 4.78 is 0.